The Bertz CT molecular complexity index is 151. The normalized spacial score (nSPS) is 14.9. The van der Waals surface area contributed by atoms with Gasteiger partial charge in [0.15, 0.2) is 0 Å². The number of terminal acetylenes is 1. The molecule has 0 saturated carbocycles. The average molecular weight is 183 g/mol. The maximum atomic E-state index is 5.28. The first-order valence-electron chi connectivity index (χ1n) is 4.95. The van der Waals surface area contributed by atoms with Gasteiger partial charge in [0.05, 0.1) is 6.10 Å². The van der Waals surface area contributed by atoms with Crippen LogP contribution in [0.3, 0.4) is 0 Å². The lowest BCUT2D eigenvalue weighted by Gasteiger charge is -2.23. The third-order valence-electron chi connectivity index (χ3n) is 2.19. The molecule has 2 unspecified atom stereocenters. The van der Waals surface area contributed by atoms with E-state index >= 15 is 0 Å². The molecule has 0 aromatic rings. The molecule has 0 aliphatic rings. The van der Waals surface area contributed by atoms with Crippen LogP contribution in [0.15, 0.2) is 0 Å². The van der Waals surface area contributed by atoms with Gasteiger partial charge >= 0.3 is 0 Å². The van der Waals surface area contributed by atoms with E-state index in [4.69, 9.17) is 11.2 Å². The number of hydrogen-bond donors (Lipinski definition) is 1. The molecule has 0 heterocycles. The second-order valence-corrected chi connectivity index (χ2v) is 3.24. The van der Waals surface area contributed by atoms with Crippen LogP contribution in [-0.4, -0.2) is 25.8 Å². The minimum Gasteiger partial charge on any atom is -0.380 e. The molecule has 2 atom stereocenters. The van der Waals surface area contributed by atoms with Crippen LogP contribution in [0.1, 0.15) is 33.1 Å². The van der Waals surface area contributed by atoms with Crippen molar-refractivity contribution in [1.82, 2.24) is 5.32 Å². The first kappa shape index (κ1) is 12.5. The van der Waals surface area contributed by atoms with Crippen LogP contribution in [-0.2, 0) is 4.74 Å². The van der Waals surface area contributed by atoms with Gasteiger partial charge in [-0.1, -0.05) is 6.92 Å². The predicted octanol–water partition coefficient (Wildman–Crippen LogP) is 1.80. The number of hydrogen-bond acceptors (Lipinski definition) is 2. The third kappa shape index (κ3) is 5.68. The quantitative estimate of drug-likeness (QED) is 0.608. The van der Waals surface area contributed by atoms with Crippen molar-refractivity contribution >= 4 is 0 Å². The number of ether oxygens (including phenoxy) is 1. The zero-order valence-corrected chi connectivity index (χ0v) is 8.97. The monoisotopic (exact) mass is 183 g/mol. The topological polar surface area (TPSA) is 21.3 Å². The molecule has 1 N–H and O–H groups in total. The molecule has 2 nitrogen and oxygen atoms in total. The van der Waals surface area contributed by atoms with Crippen LogP contribution >= 0.6 is 0 Å². The van der Waals surface area contributed by atoms with E-state index in [1.54, 1.807) is 7.11 Å². The van der Waals surface area contributed by atoms with E-state index < -0.39 is 0 Å². The number of rotatable bonds is 7. The molecule has 0 bridgehead atoms. The fourth-order valence-electron chi connectivity index (χ4n) is 1.24. The van der Waals surface area contributed by atoms with Crippen LogP contribution in [0.25, 0.3) is 0 Å². The summed E-state index contributed by atoms with van der Waals surface area (Å²) in [4.78, 5) is 0. The van der Waals surface area contributed by atoms with Crippen molar-refractivity contribution in [2.45, 2.75) is 45.3 Å². The molecular weight excluding hydrogens is 162 g/mol. The first-order chi connectivity index (χ1) is 6.26. The van der Waals surface area contributed by atoms with E-state index in [1.165, 1.54) is 0 Å². The molecule has 0 aromatic heterocycles. The standard InChI is InChI=1S/C11H21NO/c1-5-7-8-11(10(3)13-4)12-9-6-2/h1,10-12H,6-9H2,2-4H3. The zero-order valence-electron chi connectivity index (χ0n) is 8.97. The van der Waals surface area contributed by atoms with Gasteiger partial charge in [-0.2, -0.15) is 0 Å². The Hall–Kier alpha value is -0.520. The Morgan fingerprint density at radius 2 is 2.23 bits per heavy atom. The molecule has 2 heteroatoms. The van der Waals surface area contributed by atoms with E-state index in [9.17, 15) is 0 Å². The highest BCUT2D eigenvalue weighted by atomic mass is 16.5. The molecule has 0 rings (SSSR count). The van der Waals surface area contributed by atoms with E-state index in [0.29, 0.717) is 6.04 Å². The Balaban J connectivity index is 3.80. The predicted molar refractivity (Wildman–Crippen MR) is 56.6 cm³/mol. The zero-order chi connectivity index (χ0) is 10.1. The lowest BCUT2D eigenvalue weighted by atomic mass is 10.1. The van der Waals surface area contributed by atoms with E-state index in [2.05, 4.69) is 25.1 Å². The summed E-state index contributed by atoms with van der Waals surface area (Å²) in [5, 5.41) is 3.43. The maximum Gasteiger partial charge on any atom is 0.0696 e. The first-order valence-corrected chi connectivity index (χ1v) is 4.95. The molecule has 0 saturated heterocycles. The summed E-state index contributed by atoms with van der Waals surface area (Å²) in [6.07, 6.45) is 8.41. The molecule has 13 heavy (non-hydrogen) atoms. The van der Waals surface area contributed by atoms with Gasteiger partial charge < -0.3 is 10.1 Å². The van der Waals surface area contributed by atoms with Crippen LogP contribution in [0.4, 0.5) is 0 Å². The van der Waals surface area contributed by atoms with Crippen molar-refractivity contribution in [3.8, 4) is 12.3 Å². The Kier molecular flexibility index (Phi) is 7.77. The third-order valence-corrected chi connectivity index (χ3v) is 2.19. The average Bonchev–Trinajstić information content (AvgIpc) is 2.17. The van der Waals surface area contributed by atoms with Gasteiger partial charge in [0.2, 0.25) is 0 Å². The SMILES string of the molecule is C#CCCC(NCCC)C(C)OC. The second kappa shape index (κ2) is 8.10. The second-order valence-electron chi connectivity index (χ2n) is 3.24. The summed E-state index contributed by atoms with van der Waals surface area (Å²) in [7, 11) is 1.74. The van der Waals surface area contributed by atoms with Crippen molar-refractivity contribution in [3.63, 3.8) is 0 Å². The Morgan fingerprint density at radius 3 is 2.69 bits per heavy atom. The Morgan fingerprint density at radius 1 is 1.54 bits per heavy atom. The molecule has 0 radical (unpaired) electrons. The summed E-state index contributed by atoms with van der Waals surface area (Å²) in [5.41, 5.74) is 0. The summed E-state index contributed by atoms with van der Waals surface area (Å²) < 4.78 is 5.28. The number of methoxy groups -OCH3 is 1. The lowest BCUT2D eigenvalue weighted by Crippen LogP contribution is -2.39. The van der Waals surface area contributed by atoms with Crippen LogP contribution < -0.4 is 5.32 Å². The number of nitrogens with one attached hydrogen (secondary N) is 1. The van der Waals surface area contributed by atoms with Crippen molar-refractivity contribution in [2.24, 2.45) is 0 Å². The maximum absolute atomic E-state index is 5.28. The summed E-state index contributed by atoms with van der Waals surface area (Å²) in [5.74, 6) is 2.66. The molecule has 0 fully saturated rings. The van der Waals surface area contributed by atoms with Crippen molar-refractivity contribution < 1.29 is 4.74 Å². The highest BCUT2D eigenvalue weighted by Crippen LogP contribution is 2.04. The molecule has 0 spiro atoms. The lowest BCUT2D eigenvalue weighted by molar-refractivity contribution is 0.0806. The molecule has 76 valence electrons. The fourth-order valence-corrected chi connectivity index (χ4v) is 1.24. The Labute approximate surface area is 82.1 Å². The van der Waals surface area contributed by atoms with Gasteiger partial charge in [-0.25, -0.2) is 0 Å². The van der Waals surface area contributed by atoms with E-state index in [1.807, 2.05) is 0 Å². The highest BCUT2D eigenvalue weighted by molar-refractivity contribution is 4.87. The fraction of sp³-hybridized carbons (Fsp3) is 0.818. The summed E-state index contributed by atoms with van der Waals surface area (Å²) >= 11 is 0. The van der Waals surface area contributed by atoms with Gasteiger partial charge in [0, 0.05) is 19.6 Å². The van der Waals surface area contributed by atoms with Gasteiger partial charge in [-0.3, -0.25) is 0 Å². The van der Waals surface area contributed by atoms with Crippen molar-refractivity contribution in [2.75, 3.05) is 13.7 Å². The highest BCUT2D eigenvalue weighted by Gasteiger charge is 2.14. The molecule has 0 aliphatic carbocycles. The van der Waals surface area contributed by atoms with Gasteiger partial charge in [-0.15, -0.1) is 12.3 Å². The van der Waals surface area contributed by atoms with Gasteiger partial charge in [0.25, 0.3) is 0 Å². The molecular formula is C11H21NO. The van der Waals surface area contributed by atoms with E-state index in [0.717, 1.165) is 25.8 Å². The summed E-state index contributed by atoms with van der Waals surface area (Å²) in [6, 6.07) is 0.390. The van der Waals surface area contributed by atoms with Crippen LogP contribution in [0, 0.1) is 12.3 Å². The van der Waals surface area contributed by atoms with Gasteiger partial charge in [0.1, 0.15) is 0 Å². The molecule has 0 aliphatic heterocycles. The molecule has 0 amide bonds. The van der Waals surface area contributed by atoms with Crippen LogP contribution in [0.5, 0.6) is 0 Å². The van der Waals surface area contributed by atoms with Crippen molar-refractivity contribution in [1.29, 1.82) is 0 Å². The smallest absolute Gasteiger partial charge is 0.0696 e. The molecule has 0 aromatic carbocycles. The minimum atomic E-state index is 0.236. The summed E-state index contributed by atoms with van der Waals surface area (Å²) in [6.45, 7) is 5.26. The van der Waals surface area contributed by atoms with Crippen LogP contribution in [0.2, 0.25) is 0 Å². The van der Waals surface area contributed by atoms with E-state index in [-0.39, 0.29) is 6.10 Å². The van der Waals surface area contributed by atoms with Crippen molar-refractivity contribution in [3.05, 3.63) is 0 Å². The minimum absolute atomic E-state index is 0.236. The largest absolute Gasteiger partial charge is 0.380 e. The van der Waals surface area contributed by atoms with Gasteiger partial charge in [-0.05, 0) is 26.3 Å².